The number of aromatic nitrogens is 2. The maximum atomic E-state index is 12.1. The molecule has 0 aliphatic carbocycles. The number of aryl methyl sites for hydroxylation is 1. The molecule has 0 unspecified atom stereocenters. The minimum absolute atomic E-state index is 0.0243. The number of hydrogen-bond acceptors (Lipinski definition) is 6. The Morgan fingerprint density at radius 2 is 2.21 bits per heavy atom. The molecule has 0 aliphatic heterocycles. The topological polar surface area (TPSA) is 112 Å². The quantitative estimate of drug-likeness (QED) is 0.758. The lowest BCUT2D eigenvalue weighted by Crippen LogP contribution is -2.15. The van der Waals surface area contributed by atoms with Crippen molar-refractivity contribution in [1.29, 1.82) is 0 Å². The molecule has 0 aliphatic rings. The van der Waals surface area contributed by atoms with Crippen LogP contribution in [0.1, 0.15) is 10.4 Å². The Bertz CT molecular complexity index is 728. The molecule has 7 nitrogen and oxygen atoms in total. The molecule has 0 spiro atoms. The van der Waals surface area contributed by atoms with Gasteiger partial charge in [0.25, 0.3) is 15.6 Å². The van der Waals surface area contributed by atoms with Crippen molar-refractivity contribution in [3.8, 4) is 0 Å². The fourth-order valence-corrected chi connectivity index (χ4v) is 3.82. The second kappa shape index (κ2) is 5.11. The standard InChI is InChI=1S/C10H11N3O4S2/c1-6-4-10(18-7(6)5-14)19(16,17)13-8-2-3-9(15)12-11-8/h2-4,14H,5H2,1H3,(H,11,13)(H,12,15). The Labute approximate surface area is 113 Å². The summed E-state index contributed by atoms with van der Waals surface area (Å²) in [6, 6.07) is 3.91. The highest BCUT2D eigenvalue weighted by molar-refractivity contribution is 7.94. The molecule has 9 heteroatoms. The summed E-state index contributed by atoms with van der Waals surface area (Å²) in [5.74, 6) is 0.0243. The normalized spacial score (nSPS) is 11.5. The van der Waals surface area contributed by atoms with E-state index in [0.717, 1.165) is 11.3 Å². The van der Waals surface area contributed by atoms with Crippen molar-refractivity contribution < 1.29 is 13.5 Å². The van der Waals surface area contributed by atoms with Gasteiger partial charge in [0, 0.05) is 10.9 Å². The lowest BCUT2D eigenvalue weighted by molar-refractivity contribution is 0.285. The molecule has 0 fully saturated rings. The Hall–Kier alpha value is -1.71. The fraction of sp³-hybridized carbons (Fsp3) is 0.200. The highest BCUT2D eigenvalue weighted by Crippen LogP contribution is 2.27. The smallest absolute Gasteiger partial charge is 0.272 e. The van der Waals surface area contributed by atoms with Crippen LogP contribution < -0.4 is 10.3 Å². The summed E-state index contributed by atoms with van der Waals surface area (Å²) in [4.78, 5) is 11.4. The van der Waals surface area contributed by atoms with Crippen LogP contribution in [0.2, 0.25) is 0 Å². The Kier molecular flexibility index (Phi) is 3.69. The summed E-state index contributed by atoms with van der Waals surface area (Å²) >= 11 is 0.989. The first kappa shape index (κ1) is 13.7. The van der Waals surface area contributed by atoms with E-state index in [9.17, 15) is 13.2 Å². The number of thiophene rings is 1. The van der Waals surface area contributed by atoms with E-state index in [1.54, 1.807) is 6.92 Å². The molecule has 2 rings (SSSR count). The van der Waals surface area contributed by atoms with Crippen LogP contribution >= 0.6 is 11.3 Å². The van der Waals surface area contributed by atoms with Gasteiger partial charge in [0.15, 0.2) is 5.82 Å². The summed E-state index contributed by atoms with van der Waals surface area (Å²) in [7, 11) is -3.77. The van der Waals surface area contributed by atoms with Crippen LogP contribution in [0, 0.1) is 6.92 Å². The number of hydrogen-bond donors (Lipinski definition) is 3. The molecule has 19 heavy (non-hydrogen) atoms. The average molecular weight is 301 g/mol. The van der Waals surface area contributed by atoms with Gasteiger partial charge in [-0.2, -0.15) is 5.10 Å². The third-order valence-corrected chi connectivity index (χ3v) is 5.37. The van der Waals surface area contributed by atoms with Crippen molar-refractivity contribution in [2.75, 3.05) is 4.72 Å². The van der Waals surface area contributed by atoms with E-state index in [2.05, 4.69) is 14.9 Å². The zero-order valence-corrected chi connectivity index (χ0v) is 11.5. The van der Waals surface area contributed by atoms with Gasteiger partial charge in [0.1, 0.15) is 4.21 Å². The number of anilines is 1. The summed E-state index contributed by atoms with van der Waals surface area (Å²) in [5.41, 5.74) is 0.291. The highest BCUT2D eigenvalue weighted by Gasteiger charge is 2.19. The second-order valence-electron chi connectivity index (χ2n) is 3.74. The molecule has 0 saturated carbocycles. The molecule has 0 saturated heterocycles. The minimum atomic E-state index is -3.77. The van der Waals surface area contributed by atoms with E-state index >= 15 is 0 Å². The highest BCUT2D eigenvalue weighted by atomic mass is 32.2. The van der Waals surface area contributed by atoms with Gasteiger partial charge in [0.05, 0.1) is 6.61 Å². The molecule has 0 amide bonds. The van der Waals surface area contributed by atoms with Gasteiger partial charge < -0.3 is 5.11 Å². The number of sulfonamides is 1. The maximum Gasteiger partial charge on any atom is 0.272 e. The largest absolute Gasteiger partial charge is 0.391 e. The van der Waals surface area contributed by atoms with Gasteiger partial charge in [0.2, 0.25) is 0 Å². The minimum Gasteiger partial charge on any atom is -0.391 e. The lowest BCUT2D eigenvalue weighted by Gasteiger charge is -2.03. The van der Waals surface area contributed by atoms with Gasteiger partial charge in [-0.15, -0.1) is 11.3 Å². The van der Waals surface area contributed by atoms with Crippen molar-refractivity contribution in [1.82, 2.24) is 10.2 Å². The third kappa shape index (κ3) is 3.00. The first-order chi connectivity index (χ1) is 8.92. The Balaban J connectivity index is 2.31. The molecule has 2 aromatic heterocycles. The maximum absolute atomic E-state index is 12.1. The van der Waals surface area contributed by atoms with Crippen molar-refractivity contribution in [3.05, 3.63) is 39.0 Å². The lowest BCUT2D eigenvalue weighted by atomic mass is 10.3. The molecule has 0 radical (unpaired) electrons. The number of nitrogens with one attached hydrogen (secondary N) is 2. The molecule has 2 heterocycles. The van der Waals surface area contributed by atoms with Crippen molar-refractivity contribution in [3.63, 3.8) is 0 Å². The molecular weight excluding hydrogens is 290 g/mol. The summed E-state index contributed by atoms with van der Waals surface area (Å²) in [6.45, 7) is 1.52. The van der Waals surface area contributed by atoms with E-state index in [0.29, 0.717) is 10.4 Å². The van der Waals surface area contributed by atoms with Crippen LogP contribution in [0.25, 0.3) is 0 Å². The Morgan fingerprint density at radius 1 is 1.47 bits per heavy atom. The van der Waals surface area contributed by atoms with Crippen molar-refractivity contribution >= 4 is 27.2 Å². The van der Waals surface area contributed by atoms with Crippen LogP contribution in [0.5, 0.6) is 0 Å². The Morgan fingerprint density at radius 3 is 2.74 bits per heavy atom. The van der Waals surface area contributed by atoms with E-state index < -0.39 is 15.6 Å². The number of aliphatic hydroxyl groups is 1. The van der Waals surface area contributed by atoms with E-state index in [1.165, 1.54) is 18.2 Å². The number of rotatable bonds is 4. The van der Waals surface area contributed by atoms with E-state index in [-0.39, 0.29) is 16.6 Å². The predicted molar refractivity (Wildman–Crippen MR) is 70.6 cm³/mol. The second-order valence-corrected chi connectivity index (χ2v) is 6.79. The first-order valence-corrected chi connectivity index (χ1v) is 7.51. The third-order valence-electron chi connectivity index (χ3n) is 2.32. The average Bonchev–Trinajstić information content (AvgIpc) is 2.74. The van der Waals surface area contributed by atoms with Gasteiger partial charge >= 0.3 is 0 Å². The molecule has 102 valence electrons. The summed E-state index contributed by atoms with van der Waals surface area (Å²) in [5, 5.41) is 14.8. The van der Waals surface area contributed by atoms with Crippen LogP contribution in [-0.4, -0.2) is 23.7 Å². The summed E-state index contributed by atoms with van der Waals surface area (Å²) < 4.78 is 26.4. The zero-order chi connectivity index (χ0) is 14.0. The van der Waals surface area contributed by atoms with Crippen LogP contribution in [-0.2, 0) is 16.6 Å². The van der Waals surface area contributed by atoms with Gasteiger partial charge in [-0.3, -0.25) is 9.52 Å². The van der Waals surface area contributed by atoms with Crippen LogP contribution in [0.4, 0.5) is 5.82 Å². The number of aromatic amines is 1. The fourth-order valence-electron chi connectivity index (χ4n) is 1.37. The molecule has 0 bridgehead atoms. The monoisotopic (exact) mass is 301 g/mol. The molecular formula is C10H11N3O4S2. The van der Waals surface area contributed by atoms with Crippen LogP contribution in [0.3, 0.4) is 0 Å². The van der Waals surface area contributed by atoms with Crippen LogP contribution in [0.15, 0.2) is 27.2 Å². The van der Waals surface area contributed by atoms with Gasteiger partial charge in [-0.05, 0) is 24.6 Å². The van der Waals surface area contributed by atoms with E-state index in [1.807, 2.05) is 0 Å². The number of H-pyrrole nitrogens is 1. The molecule has 2 aromatic rings. The molecule has 0 atom stereocenters. The number of aliphatic hydroxyl groups excluding tert-OH is 1. The molecule has 0 aromatic carbocycles. The van der Waals surface area contributed by atoms with E-state index in [4.69, 9.17) is 5.11 Å². The molecule has 3 N–H and O–H groups in total. The first-order valence-electron chi connectivity index (χ1n) is 5.21. The van der Waals surface area contributed by atoms with Gasteiger partial charge in [-0.1, -0.05) is 0 Å². The zero-order valence-electron chi connectivity index (χ0n) is 9.87. The summed E-state index contributed by atoms with van der Waals surface area (Å²) in [6.07, 6.45) is 0. The van der Waals surface area contributed by atoms with Crippen molar-refractivity contribution in [2.24, 2.45) is 0 Å². The number of nitrogens with zero attached hydrogens (tertiary/aromatic N) is 1. The van der Waals surface area contributed by atoms with Crippen molar-refractivity contribution in [2.45, 2.75) is 17.7 Å². The SMILES string of the molecule is Cc1cc(S(=O)(=O)Nc2ccc(=O)[nH]n2)sc1CO. The predicted octanol–water partition coefficient (Wildman–Crippen LogP) is 0.433. The van der Waals surface area contributed by atoms with Gasteiger partial charge in [-0.25, -0.2) is 13.5 Å².